The molecule has 1 N–H and O–H groups in total. The van der Waals surface area contributed by atoms with Crippen LogP contribution in [-0.4, -0.2) is 24.2 Å². The minimum Gasteiger partial charge on any atom is -0.356 e. The molecule has 3 nitrogen and oxygen atoms in total. The van der Waals surface area contributed by atoms with Crippen molar-refractivity contribution in [1.82, 2.24) is 0 Å². The molecule has 648 valence electrons. The quantitative estimate of drug-likeness (QED) is 0.130. The van der Waals surface area contributed by atoms with Crippen LogP contribution < -0.4 is 30.7 Å². The molecule has 4 aliphatic carbocycles. The molecule has 0 aliphatic heterocycles. The Hall–Kier alpha value is -11.0. The van der Waals surface area contributed by atoms with Crippen molar-refractivity contribution in [1.29, 1.82) is 0 Å². The predicted molar refractivity (Wildman–Crippen MR) is 584 cm³/mol. The molecular formula is C120H115Br2N3S2Si3. The summed E-state index contributed by atoms with van der Waals surface area (Å²) in [6.07, 6.45) is 0. The van der Waals surface area contributed by atoms with Gasteiger partial charge in [-0.05, 0) is 232 Å². The van der Waals surface area contributed by atoms with E-state index in [-0.39, 0.29) is 29.1 Å². The first-order chi connectivity index (χ1) is 61.6. The van der Waals surface area contributed by atoms with E-state index in [1.54, 1.807) is 0 Å². The Morgan fingerprint density at radius 2 is 0.600 bits per heavy atom. The van der Waals surface area contributed by atoms with Gasteiger partial charge in [0.15, 0.2) is 0 Å². The molecule has 0 amide bonds. The lowest BCUT2D eigenvalue weighted by Crippen LogP contribution is -2.37. The summed E-state index contributed by atoms with van der Waals surface area (Å²) in [4.78, 5) is 5.07. The van der Waals surface area contributed by atoms with E-state index in [1.165, 1.54) is 177 Å². The van der Waals surface area contributed by atoms with Crippen molar-refractivity contribution in [2.45, 2.75) is 156 Å². The summed E-state index contributed by atoms with van der Waals surface area (Å²) in [6.45, 7) is 42.3. The van der Waals surface area contributed by atoms with Gasteiger partial charge in [-0.2, -0.15) is 0 Å². The van der Waals surface area contributed by atoms with Crippen LogP contribution in [0.5, 0.6) is 0 Å². The first-order valence-electron chi connectivity index (χ1n) is 45.6. The van der Waals surface area contributed by atoms with Gasteiger partial charge in [-0.25, -0.2) is 0 Å². The highest BCUT2D eigenvalue weighted by molar-refractivity contribution is 9.11. The van der Waals surface area contributed by atoms with E-state index >= 15 is 0 Å². The second-order valence-electron chi connectivity index (χ2n) is 41.9. The molecule has 16 aromatic carbocycles. The van der Waals surface area contributed by atoms with Crippen molar-refractivity contribution < 1.29 is 0 Å². The SMILES string of the molecule is Brc1ccc2c(c1)C1(c3ccccc3-c3ccccc31)c1cc(Br)c3c(sc4ccccc43)c1-2.C.CC(C)(C)c1ccc(N(c2ccc([Si](C)(C)C)cc2)c2ccc3c(c2)C2(c4ccccc4-c4ccccc42)c2cc(N(c4ccc(C(C)(C)C)cc4)c4ccc([Si](C)(C)C)cc4)c4c(sc5ccccc54)c2-3)cc1.CC(C)(C)c1ccc(Nc2ccc([Si](C)(C)C)cc2)cc1. The fourth-order valence-electron chi connectivity index (χ4n) is 20.8. The molecule has 0 unspecified atom stereocenters. The van der Waals surface area contributed by atoms with Crippen molar-refractivity contribution in [3.05, 3.63) is 410 Å². The zero-order valence-corrected chi connectivity index (χ0v) is 85.1. The third kappa shape index (κ3) is 14.9. The molecule has 2 aromatic heterocycles. The Morgan fingerprint density at radius 1 is 0.285 bits per heavy atom. The van der Waals surface area contributed by atoms with Crippen molar-refractivity contribution in [2.75, 3.05) is 15.1 Å². The number of thiophene rings is 2. The molecule has 22 rings (SSSR count). The molecule has 0 fully saturated rings. The normalized spacial score (nSPS) is 13.6. The highest BCUT2D eigenvalue weighted by Crippen LogP contribution is 2.69. The van der Waals surface area contributed by atoms with Crippen molar-refractivity contribution in [2.24, 2.45) is 0 Å². The summed E-state index contributed by atoms with van der Waals surface area (Å²) < 4.78 is 7.62. The second-order valence-corrected chi connectivity index (χ2v) is 61.1. The lowest BCUT2D eigenvalue weighted by Gasteiger charge is -2.34. The van der Waals surface area contributed by atoms with Gasteiger partial charge in [-0.1, -0.05) is 394 Å². The van der Waals surface area contributed by atoms with Crippen LogP contribution in [0.1, 0.15) is 131 Å². The molecular weight excluding hydrogens is 1790 g/mol. The van der Waals surface area contributed by atoms with Gasteiger partial charge in [0.05, 0.1) is 40.7 Å². The van der Waals surface area contributed by atoms with Crippen LogP contribution in [0.15, 0.2) is 349 Å². The molecule has 4 aliphatic rings. The van der Waals surface area contributed by atoms with Gasteiger partial charge >= 0.3 is 0 Å². The molecule has 130 heavy (non-hydrogen) atoms. The number of rotatable bonds is 11. The Kier molecular flexibility index (Phi) is 22.2. The van der Waals surface area contributed by atoms with Gasteiger partial charge in [-0.15, -0.1) is 22.7 Å². The average molecular weight is 1910 g/mol. The number of nitrogens with zero attached hydrogens (tertiary/aromatic N) is 2. The fourth-order valence-corrected chi connectivity index (χ4v) is 28.0. The van der Waals surface area contributed by atoms with Crippen molar-refractivity contribution in [3.63, 3.8) is 0 Å². The number of hydrogen-bond donors (Lipinski definition) is 1. The lowest BCUT2D eigenvalue weighted by molar-refractivity contribution is 0.590. The highest BCUT2D eigenvalue weighted by atomic mass is 79.9. The monoisotopic (exact) mass is 1900 g/mol. The number of fused-ring (bicyclic) bond motifs is 28. The van der Waals surface area contributed by atoms with Gasteiger partial charge in [0.1, 0.15) is 0 Å². The Balaban J connectivity index is 0.000000159. The van der Waals surface area contributed by atoms with Crippen LogP contribution in [-0.2, 0) is 27.1 Å². The van der Waals surface area contributed by atoms with E-state index < -0.39 is 29.6 Å². The number of anilines is 8. The summed E-state index contributed by atoms with van der Waals surface area (Å²) in [5.74, 6) is 0. The van der Waals surface area contributed by atoms with Crippen LogP contribution in [0.3, 0.4) is 0 Å². The van der Waals surface area contributed by atoms with E-state index in [2.05, 4.69) is 508 Å². The first kappa shape index (κ1) is 88.3. The maximum atomic E-state index is 4.02. The van der Waals surface area contributed by atoms with Crippen LogP contribution in [0.2, 0.25) is 58.9 Å². The molecule has 0 saturated heterocycles. The third-order valence-corrected chi connectivity index (χ3v) is 37.2. The molecule has 0 radical (unpaired) electrons. The summed E-state index contributed by atoms with van der Waals surface area (Å²) in [6, 6.07) is 129. The largest absolute Gasteiger partial charge is 0.356 e. The number of halogens is 2. The zero-order valence-electron chi connectivity index (χ0n) is 77.3. The molecule has 0 saturated carbocycles. The van der Waals surface area contributed by atoms with Crippen molar-refractivity contribution >= 4 is 180 Å². The van der Waals surface area contributed by atoms with Gasteiger partial charge in [0.25, 0.3) is 0 Å². The Morgan fingerprint density at radius 3 is 1.01 bits per heavy atom. The van der Waals surface area contributed by atoms with Crippen LogP contribution in [0.4, 0.5) is 45.5 Å². The average Bonchev–Trinajstić information content (AvgIpc) is 1.50. The molecule has 0 bridgehead atoms. The summed E-state index contributed by atoms with van der Waals surface area (Å²) in [7, 11) is -4.34. The molecule has 10 heteroatoms. The van der Waals surface area contributed by atoms with E-state index in [9.17, 15) is 0 Å². The van der Waals surface area contributed by atoms with Crippen molar-refractivity contribution in [3.8, 4) is 44.5 Å². The summed E-state index contributed by atoms with van der Waals surface area (Å²) >= 11 is 11.7. The predicted octanol–water partition coefficient (Wildman–Crippen LogP) is 34.9. The fraction of sp³-hybridized carbons (Fsp3) is 0.200. The summed E-state index contributed by atoms with van der Waals surface area (Å²) in [5.41, 5.74) is 34.1. The third-order valence-electron chi connectivity index (χ3n) is 27.5. The number of benzene rings is 16. The van der Waals surface area contributed by atoms with E-state index in [4.69, 9.17) is 0 Å². The molecule has 18 aromatic rings. The van der Waals surface area contributed by atoms with E-state index in [1.807, 2.05) is 22.7 Å². The van der Waals surface area contributed by atoms with Crippen LogP contribution >= 0.6 is 54.5 Å². The van der Waals surface area contributed by atoms with Gasteiger partial charge in [0, 0.05) is 100 Å². The highest BCUT2D eigenvalue weighted by Gasteiger charge is 2.55. The smallest absolute Gasteiger partial charge is 0.0775 e. The molecule has 2 spiro atoms. The van der Waals surface area contributed by atoms with Crippen LogP contribution in [0.25, 0.3) is 84.9 Å². The van der Waals surface area contributed by atoms with Crippen LogP contribution in [0, 0.1) is 0 Å². The summed E-state index contributed by atoms with van der Waals surface area (Å²) in [5, 5.41) is 13.1. The number of nitrogens with one attached hydrogen (secondary N) is 1. The lowest BCUT2D eigenvalue weighted by atomic mass is 9.70. The maximum Gasteiger partial charge on any atom is 0.0775 e. The Labute approximate surface area is 798 Å². The molecule has 0 atom stereocenters. The Bertz CT molecular complexity index is 7190. The van der Waals surface area contributed by atoms with Gasteiger partial charge in [0.2, 0.25) is 0 Å². The second kappa shape index (κ2) is 32.8. The minimum atomic E-state index is -1.58. The standard InChI is InChI=1S/C69H68N2SSi2.C31H16Br2S.C19H27NSi.CH4/c1-67(2,3)45-25-29-47(30-26-45)70(48-33-38-52(39-34-48)73(7,8)9)51-37-42-56-60(43-51)69(58-22-16-13-19-54(58)55-20-14-17-23-59(55)69)61-44-62(65-57-21-15-18-24-63(57)72-66(65)64(56)61)71(49-31-27-46(28-32-49)68(4,5)6)50-35-40-53(41-36-50)74(10,11)12;32-17-13-14-20-24(15-17)31(22-10-4-1-7-18(22)19-8-2-5-11-23(19)31)25-16-26(33)29-21-9-3-6-12-27(21)34-30(29)28(20)25;1-19(2,3)15-7-9-16(10-8-15)20-17-11-13-18(14-12-17)21(4,5)6;/h13-44H,1-12H3;1-16H;7-14,20H,1-6H3;1H4. The maximum absolute atomic E-state index is 4.02. The molecule has 2 heterocycles. The van der Waals surface area contributed by atoms with E-state index in [0.717, 1.165) is 38.6 Å². The minimum absolute atomic E-state index is 0. The van der Waals surface area contributed by atoms with E-state index in [0.29, 0.717) is 0 Å². The zero-order chi connectivity index (χ0) is 90.0. The first-order valence-corrected chi connectivity index (χ1v) is 59.3. The van der Waals surface area contributed by atoms with Gasteiger partial charge in [-0.3, -0.25) is 0 Å². The van der Waals surface area contributed by atoms with Gasteiger partial charge < -0.3 is 15.1 Å². The number of hydrogen-bond acceptors (Lipinski definition) is 5. The topological polar surface area (TPSA) is 18.5 Å².